The van der Waals surface area contributed by atoms with Crippen LogP contribution in [0.15, 0.2) is 47.1 Å². The Kier molecular flexibility index (Phi) is 4.27. The fraction of sp³-hybridized carbons (Fsp3) is 0.182. The molecule has 0 aliphatic rings. The molecular formula is C11H12O3. The molecule has 3 heteroatoms. The van der Waals surface area contributed by atoms with E-state index in [0.717, 1.165) is 12.2 Å². The van der Waals surface area contributed by atoms with Gasteiger partial charge in [0.05, 0.1) is 13.4 Å². The van der Waals surface area contributed by atoms with E-state index in [4.69, 9.17) is 4.42 Å². The molecule has 1 aromatic rings. The molecular weight excluding hydrogens is 180 g/mol. The molecule has 0 saturated heterocycles. The van der Waals surface area contributed by atoms with E-state index < -0.39 is 0 Å². The van der Waals surface area contributed by atoms with Gasteiger partial charge in [-0.15, -0.1) is 0 Å². The number of ether oxygens (including phenoxy) is 1. The molecule has 0 aliphatic heterocycles. The summed E-state index contributed by atoms with van der Waals surface area (Å²) in [4.78, 5) is 10.6. The average molecular weight is 192 g/mol. The van der Waals surface area contributed by atoms with E-state index >= 15 is 0 Å². The second kappa shape index (κ2) is 5.80. The van der Waals surface area contributed by atoms with Gasteiger partial charge in [0, 0.05) is 12.5 Å². The van der Waals surface area contributed by atoms with Crippen LogP contribution in [0.1, 0.15) is 5.76 Å². The molecule has 14 heavy (non-hydrogen) atoms. The zero-order chi connectivity index (χ0) is 10.2. The Labute approximate surface area is 82.7 Å². The molecule has 3 nitrogen and oxygen atoms in total. The van der Waals surface area contributed by atoms with Gasteiger partial charge >= 0.3 is 5.97 Å². The van der Waals surface area contributed by atoms with Gasteiger partial charge in [-0.05, 0) is 12.1 Å². The summed E-state index contributed by atoms with van der Waals surface area (Å²) in [5, 5.41) is 0. The van der Waals surface area contributed by atoms with Gasteiger partial charge in [-0.25, -0.2) is 4.79 Å². The van der Waals surface area contributed by atoms with Crippen molar-refractivity contribution in [1.82, 2.24) is 0 Å². The van der Waals surface area contributed by atoms with E-state index in [1.165, 1.54) is 13.2 Å². The number of hydrogen-bond acceptors (Lipinski definition) is 3. The third-order valence-corrected chi connectivity index (χ3v) is 1.58. The molecule has 0 radical (unpaired) electrons. The summed E-state index contributed by atoms with van der Waals surface area (Å²) in [5.74, 6) is 0.542. The lowest BCUT2D eigenvalue weighted by molar-refractivity contribution is -0.134. The number of allylic oxidation sites excluding steroid dienone is 3. The largest absolute Gasteiger partial charge is 0.469 e. The summed E-state index contributed by atoms with van der Waals surface area (Å²) in [6.07, 6.45) is 9.02. The van der Waals surface area contributed by atoms with Crippen molar-refractivity contribution in [3.63, 3.8) is 0 Å². The fourth-order valence-corrected chi connectivity index (χ4v) is 0.894. The normalized spacial score (nSPS) is 11.2. The van der Waals surface area contributed by atoms with Crippen molar-refractivity contribution >= 4 is 5.97 Å². The van der Waals surface area contributed by atoms with Gasteiger partial charge in [0.1, 0.15) is 5.76 Å². The predicted molar refractivity (Wildman–Crippen MR) is 52.7 cm³/mol. The smallest absolute Gasteiger partial charge is 0.330 e. The minimum atomic E-state index is -0.354. The van der Waals surface area contributed by atoms with E-state index in [2.05, 4.69) is 4.74 Å². The highest BCUT2D eigenvalue weighted by Gasteiger charge is 1.89. The van der Waals surface area contributed by atoms with Crippen LogP contribution in [0.3, 0.4) is 0 Å². The van der Waals surface area contributed by atoms with E-state index in [1.54, 1.807) is 18.4 Å². The van der Waals surface area contributed by atoms with Crippen molar-refractivity contribution in [3.05, 3.63) is 48.5 Å². The van der Waals surface area contributed by atoms with Crippen LogP contribution in [0.4, 0.5) is 0 Å². The highest BCUT2D eigenvalue weighted by atomic mass is 16.5. The number of hydrogen-bond donors (Lipinski definition) is 0. The van der Waals surface area contributed by atoms with Gasteiger partial charge in [-0.1, -0.05) is 18.2 Å². The minimum Gasteiger partial charge on any atom is -0.469 e. The molecule has 0 bridgehead atoms. The van der Waals surface area contributed by atoms with Gasteiger partial charge in [-0.3, -0.25) is 0 Å². The maximum atomic E-state index is 10.6. The van der Waals surface area contributed by atoms with Crippen molar-refractivity contribution in [3.8, 4) is 0 Å². The van der Waals surface area contributed by atoms with E-state index in [-0.39, 0.29) is 5.97 Å². The summed E-state index contributed by atoms with van der Waals surface area (Å²) < 4.78 is 9.54. The van der Waals surface area contributed by atoms with Crippen LogP contribution in [-0.2, 0) is 16.0 Å². The molecule has 1 aromatic heterocycles. The molecule has 0 aliphatic carbocycles. The second-order valence-corrected chi connectivity index (χ2v) is 2.59. The van der Waals surface area contributed by atoms with E-state index in [9.17, 15) is 4.79 Å². The van der Waals surface area contributed by atoms with Crippen molar-refractivity contribution in [2.75, 3.05) is 7.11 Å². The molecule has 0 amide bonds. The summed E-state index contributed by atoms with van der Waals surface area (Å²) in [7, 11) is 1.35. The molecule has 0 saturated carbocycles. The first kappa shape index (κ1) is 10.3. The van der Waals surface area contributed by atoms with Crippen molar-refractivity contribution in [2.45, 2.75) is 6.42 Å². The Bertz CT molecular complexity index is 320. The van der Waals surface area contributed by atoms with Crippen molar-refractivity contribution in [2.24, 2.45) is 0 Å². The first-order chi connectivity index (χ1) is 6.83. The maximum Gasteiger partial charge on any atom is 0.330 e. The zero-order valence-corrected chi connectivity index (χ0v) is 7.97. The number of methoxy groups -OCH3 is 1. The van der Waals surface area contributed by atoms with Gasteiger partial charge in [-0.2, -0.15) is 0 Å². The zero-order valence-electron chi connectivity index (χ0n) is 7.97. The van der Waals surface area contributed by atoms with E-state index in [1.807, 2.05) is 18.2 Å². The van der Waals surface area contributed by atoms with Crippen LogP contribution in [-0.4, -0.2) is 13.1 Å². The Hall–Kier alpha value is -1.77. The van der Waals surface area contributed by atoms with Crippen LogP contribution in [0.2, 0.25) is 0 Å². The van der Waals surface area contributed by atoms with Crippen LogP contribution in [0.5, 0.6) is 0 Å². The Morgan fingerprint density at radius 3 is 3.07 bits per heavy atom. The SMILES string of the molecule is COC(=O)/C=C/C=C/Cc1ccco1. The predicted octanol–water partition coefficient (Wildman–Crippen LogP) is 2.11. The van der Waals surface area contributed by atoms with E-state index in [0.29, 0.717) is 0 Å². The monoisotopic (exact) mass is 192 g/mol. The third-order valence-electron chi connectivity index (χ3n) is 1.58. The second-order valence-electron chi connectivity index (χ2n) is 2.59. The van der Waals surface area contributed by atoms with Crippen LogP contribution in [0.25, 0.3) is 0 Å². The van der Waals surface area contributed by atoms with Crippen LogP contribution < -0.4 is 0 Å². The molecule has 1 heterocycles. The van der Waals surface area contributed by atoms with Gasteiger partial charge in [0.25, 0.3) is 0 Å². The molecule has 0 spiro atoms. The summed E-state index contributed by atoms with van der Waals surface area (Å²) in [6.45, 7) is 0. The molecule has 0 N–H and O–H groups in total. The maximum absolute atomic E-state index is 10.6. The van der Waals surface area contributed by atoms with Gasteiger partial charge in [0.2, 0.25) is 0 Å². The van der Waals surface area contributed by atoms with Crippen molar-refractivity contribution in [1.29, 1.82) is 0 Å². The highest BCUT2D eigenvalue weighted by molar-refractivity contribution is 5.82. The highest BCUT2D eigenvalue weighted by Crippen LogP contribution is 2.01. The van der Waals surface area contributed by atoms with Gasteiger partial charge < -0.3 is 9.15 Å². The molecule has 1 rings (SSSR count). The first-order valence-electron chi connectivity index (χ1n) is 4.26. The Morgan fingerprint density at radius 1 is 1.57 bits per heavy atom. The lowest BCUT2D eigenvalue weighted by Crippen LogP contribution is -1.92. The van der Waals surface area contributed by atoms with Crippen LogP contribution >= 0.6 is 0 Å². The molecule has 0 atom stereocenters. The summed E-state index contributed by atoms with van der Waals surface area (Å²) in [6, 6.07) is 3.74. The van der Waals surface area contributed by atoms with Gasteiger partial charge in [0.15, 0.2) is 0 Å². The number of furan rings is 1. The molecule has 0 fully saturated rings. The first-order valence-corrected chi connectivity index (χ1v) is 4.26. The standard InChI is InChI=1S/C11H12O3/c1-13-11(12)8-4-2-3-6-10-7-5-9-14-10/h2-5,7-9H,6H2,1H3/b3-2+,8-4+. The average Bonchev–Trinajstić information content (AvgIpc) is 2.69. The molecule has 74 valence electrons. The van der Waals surface area contributed by atoms with Crippen molar-refractivity contribution < 1.29 is 13.9 Å². The van der Waals surface area contributed by atoms with Crippen LogP contribution in [0, 0.1) is 0 Å². The Morgan fingerprint density at radius 2 is 2.43 bits per heavy atom. The Balaban J connectivity index is 2.28. The lowest BCUT2D eigenvalue weighted by Gasteiger charge is -1.87. The molecule has 0 unspecified atom stereocenters. The lowest BCUT2D eigenvalue weighted by atomic mass is 10.3. The topological polar surface area (TPSA) is 39.4 Å². The summed E-state index contributed by atoms with van der Waals surface area (Å²) >= 11 is 0. The quantitative estimate of drug-likeness (QED) is 0.416. The third kappa shape index (κ3) is 3.76. The number of carbonyl (C=O) groups excluding carboxylic acids is 1. The number of rotatable bonds is 4. The molecule has 0 aromatic carbocycles. The minimum absolute atomic E-state index is 0.354. The summed E-state index contributed by atoms with van der Waals surface area (Å²) in [5.41, 5.74) is 0. The fourth-order valence-electron chi connectivity index (χ4n) is 0.894. The number of carbonyl (C=O) groups is 1. The number of esters is 1.